The van der Waals surface area contributed by atoms with E-state index in [0.29, 0.717) is 32.3 Å². The summed E-state index contributed by atoms with van der Waals surface area (Å²) in [4.78, 5) is 27.5. The Balaban J connectivity index is 1.37. The van der Waals surface area contributed by atoms with Crippen molar-refractivity contribution in [2.75, 3.05) is 20.3 Å². The predicted molar refractivity (Wildman–Crippen MR) is 125 cm³/mol. The molecule has 1 aromatic heterocycles. The molecule has 32 heavy (non-hydrogen) atoms. The third-order valence-corrected chi connectivity index (χ3v) is 6.51. The number of nitrogens with zero attached hydrogens (tertiary/aromatic N) is 1. The molecule has 0 bridgehead atoms. The second-order valence-electron chi connectivity index (χ2n) is 6.55. The summed E-state index contributed by atoms with van der Waals surface area (Å²) in [5.74, 6) is 1.27. The van der Waals surface area contributed by atoms with Crippen molar-refractivity contribution < 1.29 is 23.5 Å². The summed E-state index contributed by atoms with van der Waals surface area (Å²) in [6, 6.07) is 18.2. The molecule has 6 nitrogen and oxygen atoms in total. The molecule has 1 aliphatic rings. The second kappa shape index (κ2) is 10.2. The molecule has 0 atom stereocenters. The lowest BCUT2D eigenvalue weighted by Crippen LogP contribution is -2.32. The first-order valence-electron chi connectivity index (χ1n) is 9.58. The van der Waals surface area contributed by atoms with Crippen molar-refractivity contribution >= 4 is 52.3 Å². The van der Waals surface area contributed by atoms with Gasteiger partial charge in [0.1, 0.15) is 12.4 Å². The molecule has 1 aliphatic heterocycles. The van der Waals surface area contributed by atoms with E-state index in [1.165, 1.54) is 11.8 Å². The Bertz CT molecular complexity index is 1160. The zero-order valence-corrected chi connectivity index (χ0v) is 19.3. The number of halogens is 1. The first kappa shape index (κ1) is 22.4. The number of imide groups is 1. The number of carbonyl (C=O) groups is 2. The number of ether oxygens (including phenoxy) is 2. The largest absolute Gasteiger partial charge is 0.493 e. The number of rotatable bonds is 8. The van der Waals surface area contributed by atoms with E-state index in [-0.39, 0.29) is 24.3 Å². The van der Waals surface area contributed by atoms with Crippen LogP contribution in [0.25, 0.3) is 6.08 Å². The van der Waals surface area contributed by atoms with E-state index in [2.05, 4.69) is 0 Å². The van der Waals surface area contributed by atoms with Gasteiger partial charge < -0.3 is 13.9 Å². The van der Waals surface area contributed by atoms with Crippen molar-refractivity contribution in [3.05, 3.63) is 76.4 Å². The van der Waals surface area contributed by atoms with Crippen LogP contribution in [0.5, 0.6) is 11.5 Å². The van der Waals surface area contributed by atoms with E-state index in [9.17, 15) is 9.59 Å². The molecule has 2 heterocycles. The summed E-state index contributed by atoms with van der Waals surface area (Å²) in [5.41, 5.74) is 0. The second-order valence-corrected chi connectivity index (χ2v) is 9.05. The molecule has 9 heteroatoms. The fourth-order valence-corrected chi connectivity index (χ4v) is 4.64. The molecule has 1 saturated heterocycles. The van der Waals surface area contributed by atoms with E-state index in [1.54, 1.807) is 43.5 Å². The van der Waals surface area contributed by atoms with Gasteiger partial charge in [-0.2, -0.15) is 0 Å². The number of thioether (sulfide) groups is 1. The lowest BCUT2D eigenvalue weighted by Gasteiger charge is -2.14. The van der Waals surface area contributed by atoms with E-state index < -0.39 is 0 Å². The van der Waals surface area contributed by atoms with Gasteiger partial charge in [0.25, 0.3) is 11.1 Å². The Morgan fingerprint density at radius 1 is 1.06 bits per heavy atom. The lowest BCUT2D eigenvalue weighted by atomic mass is 10.3. The summed E-state index contributed by atoms with van der Waals surface area (Å²) in [5, 5.41) is 0.994. The van der Waals surface area contributed by atoms with E-state index in [1.807, 2.05) is 30.3 Å². The fraction of sp³-hybridized carbons (Fsp3) is 0.130. The Hall–Kier alpha value is -2.81. The molecule has 3 aromatic rings. The number of methoxy groups -OCH3 is 1. The van der Waals surface area contributed by atoms with E-state index >= 15 is 0 Å². The molecule has 2 amide bonds. The number of hydrogen-bond acceptors (Lipinski definition) is 7. The van der Waals surface area contributed by atoms with Crippen molar-refractivity contribution in [1.82, 2.24) is 4.90 Å². The molecule has 2 aromatic carbocycles. The number of hydrogen-bond donors (Lipinski definition) is 0. The molecule has 0 aliphatic carbocycles. The highest BCUT2D eigenvalue weighted by molar-refractivity contribution is 8.18. The maximum Gasteiger partial charge on any atom is 0.293 e. The average Bonchev–Trinajstić information content (AvgIpc) is 3.34. The number of para-hydroxylation sites is 2. The van der Waals surface area contributed by atoms with Crippen LogP contribution in [0.15, 0.2) is 80.0 Å². The first-order chi connectivity index (χ1) is 15.5. The van der Waals surface area contributed by atoms with Crippen LogP contribution in [0.1, 0.15) is 5.76 Å². The maximum absolute atomic E-state index is 12.7. The molecule has 0 spiro atoms. The summed E-state index contributed by atoms with van der Waals surface area (Å²) < 4.78 is 16.7. The Kier molecular flexibility index (Phi) is 7.14. The number of benzene rings is 2. The van der Waals surface area contributed by atoms with Crippen LogP contribution in [0.2, 0.25) is 5.02 Å². The number of carbonyl (C=O) groups excluding carboxylic acids is 2. The Morgan fingerprint density at radius 3 is 2.56 bits per heavy atom. The van der Waals surface area contributed by atoms with Crippen LogP contribution in [-0.2, 0) is 4.79 Å². The van der Waals surface area contributed by atoms with Gasteiger partial charge in [0, 0.05) is 16.0 Å². The zero-order valence-electron chi connectivity index (χ0n) is 16.9. The number of furan rings is 1. The molecule has 0 radical (unpaired) electrons. The van der Waals surface area contributed by atoms with Crippen molar-refractivity contribution in [3.63, 3.8) is 0 Å². The minimum Gasteiger partial charge on any atom is -0.493 e. The molecular weight excluding hydrogens is 470 g/mol. The highest BCUT2D eigenvalue weighted by atomic mass is 35.5. The minimum absolute atomic E-state index is 0.135. The van der Waals surface area contributed by atoms with Gasteiger partial charge >= 0.3 is 0 Å². The van der Waals surface area contributed by atoms with Crippen LogP contribution in [0, 0.1) is 0 Å². The maximum atomic E-state index is 12.7. The smallest absolute Gasteiger partial charge is 0.293 e. The molecule has 0 N–H and O–H groups in total. The third-order valence-electron chi connectivity index (χ3n) is 4.42. The summed E-state index contributed by atoms with van der Waals surface area (Å²) >= 11 is 8.23. The van der Waals surface area contributed by atoms with Gasteiger partial charge in [-0.1, -0.05) is 35.5 Å². The molecular formula is C23H18ClNO5S2. The summed E-state index contributed by atoms with van der Waals surface area (Å²) in [6.45, 7) is 0.296. The van der Waals surface area contributed by atoms with Gasteiger partial charge in [0.05, 0.1) is 18.6 Å². The predicted octanol–water partition coefficient (Wildman–Crippen LogP) is 6.21. The van der Waals surface area contributed by atoms with Crippen LogP contribution < -0.4 is 9.47 Å². The lowest BCUT2D eigenvalue weighted by molar-refractivity contribution is -0.123. The fourth-order valence-electron chi connectivity index (χ4n) is 2.89. The van der Waals surface area contributed by atoms with Gasteiger partial charge in [0.2, 0.25) is 0 Å². The SMILES string of the molecule is COc1ccccc1OCCN1C(=O)S/C(=C\c2ccc(Sc3ccc(Cl)cc3)o2)C1=O. The standard InChI is InChI=1S/C23H18ClNO5S2/c1-28-18-4-2-3-5-19(18)29-13-12-25-22(26)20(32-23(25)27)14-16-8-11-21(30-16)31-17-9-6-15(24)7-10-17/h2-11,14H,12-13H2,1H3/b20-14-. The van der Waals surface area contributed by atoms with Gasteiger partial charge in [-0.25, -0.2) is 0 Å². The third kappa shape index (κ3) is 5.32. The first-order valence-corrected chi connectivity index (χ1v) is 11.6. The van der Waals surface area contributed by atoms with Crippen LogP contribution >= 0.6 is 35.1 Å². The van der Waals surface area contributed by atoms with Crippen molar-refractivity contribution in [3.8, 4) is 11.5 Å². The van der Waals surface area contributed by atoms with Crippen LogP contribution in [-0.4, -0.2) is 36.3 Å². The van der Waals surface area contributed by atoms with E-state index in [0.717, 1.165) is 21.6 Å². The van der Waals surface area contributed by atoms with Crippen molar-refractivity contribution in [2.24, 2.45) is 0 Å². The zero-order chi connectivity index (χ0) is 22.5. The summed E-state index contributed by atoms with van der Waals surface area (Å²) in [7, 11) is 1.55. The highest BCUT2D eigenvalue weighted by Gasteiger charge is 2.35. The Morgan fingerprint density at radius 2 is 1.81 bits per heavy atom. The normalized spacial score (nSPS) is 14.9. The van der Waals surface area contributed by atoms with Crippen molar-refractivity contribution in [2.45, 2.75) is 9.99 Å². The topological polar surface area (TPSA) is 69.0 Å². The monoisotopic (exact) mass is 487 g/mol. The molecule has 1 fully saturated rings. The van der Waals surface area contributed by atoms with Gasteiger partial charge in [-0.3, -0.25) is 14.5 Å². The van der Waals surface area contributed by atoms with Crippen LogP contribution in [0.4, 0.5) is 4.79 Å². The van der Waals surface area contributed by atoms with Crippen molar-refractivity contribution in [1.29, 1.82) is 0 Å². The molecule has 4 rings (SSSR count). The van der Waals surface area contributed by atoms with Gasteiger partial charge in [-0.05, 0) is 60.3 Å². The molecule has 0 unspecified atom stereocenters. The summed E-state index contributed by atoms with van der Waals surface area (Å²) in [6.07, 6.45) is 1.58. The number of amides is 2. The van der Waals surface area contributed by atoms with Gasteiger partial charge in [-0.15, -0.1) is 0 Å². The minimum atomic E-state index is -0.369. The van der Waals surface area contributed by atoms with E-state index in [4.69, 9.17) is 25.5 Å². The van der Waals surface area contributed by atoms with Gasteiger partial charge in [0.15, 0.2) is 16.6 Å². The molecule has 164 valence electrons. The average molecular weight is 488 g/mol. The quantitative estimate of drug-likeness (QED) is 0.350. The van der Waals surface area contributed by atoms with Crippen LogP contribution in [0.3, 0.4) is 0 Å². The molecule has 0 saturated carbocycles. The highest BCUT2D eigenvalue weighted by Crippen LogP contribution is 2.35. The Labute approximate surface area is 198 Å².